The number of carbonyl (C=O) groups excluding carboxylic acids is 1. The van der Waals surface area contributed by atoms with E-state index in [0.717, 1.165) is 16.7 Å². The fourth-order valence-corrected chi connectivity index (χ4v) is 3.21. The van der Waals surface area contributed by atoms with Gasteiger partial charge in [-0.25, -0.2) is 0 Å². The zero-order valence-corrected chi connectivity index (χ0v) is 15.6. The molecule has 26 heavy (non-hydrogen) atoms. The van der Waals surface area contributed by atoms with Gasteiger partial charge in [0.1, 0.15) is 12.4 Å². The van der Waals surface area contributed by atoms with Crippen LogP contribution in [0.2, 0.25) is 0 Å². The molecule has 5 nitrogen and oxygen atoms in total. The summed E-state index contributed by atoms with van der Waals surface area (Å²) in [4.78, 5) is 12.9. The number of rotatable bonds is 4. The number of hydrogen-bond acceptors (Lipinski definition) is 5. The van der Waals surface area contributed by atoms with Gasteiger partial charge in [0.15, 0.2) is 17.3 Å². The van der Waals surface area contributed by atoms with Gasteiger partial charge in [0, 0.05) is 5.57 Å². The van der Waals surface area contributed by atoms with Crippen molar-refractivity contribution in [3.8, 4) is 23.0 Å². The van der Waals surface area contributed by atoms with Gasteiger partial charge >= 0.3 is 0 Å². The van der Waals surface area contributed by atoms with Gasteiger partial charge in [-0.3, -0.25) is 4.79 Å². The molecule has 0 saturated carbocycles. The van der Waals surface area contributed by atoms with E-state index < -0.39 is 0 Å². The zero-order chi connectivity index (χ0) is 18.8. The van der Waals surface area contributed by atoms with Crippen molar-refractivity contribution in [3.63, 3.8) is 0 Å². The lowest BCUT2D eigenvalue weighted by molar-refractivity contribution is 0.1000. The van der Waals surface area contributed by atoms with Gasteiger partial charge in [0.25, 0.3) is 0 Å². The molecular weight excluding hydrogens is 332 g/mol. The molecule has 0 fully saturated rings. The Hall–Kier alpha value is -2.95. The minimum Gasteiger partial charge on any atom is -0.493 e. The Balaban J connectivity index is 2.05. The van der Waals surface area contributed by atoms with Crippen LogP contribution in [-0.2, 0) is 0 Å². The fraction of sp³-hybridized carbons (Fsp3) is 0.286. The molecule has 2 aromatic carbocycles. The maximum Gasteiger partial charge on any atom is 0.203 e. The maximum absolute atomic E-state index is 12.9. The van der Waals surface area contributed by atoms with Crippen LogP contribution in [0.15, 0.2) is 29.8 Å². The summed E-state index contributed by atoms with van der Waals surface area (Å²) in [6.45, 7) is 4.14. The molecule has 0 radical (unpaired) electrons. The second kappa shape index (κ2) is 7.12. The highest BCUT2D eigenvalue weighted by atomic mass is 16.5. The summed E-state index contributed by atoms with van der Waals surface area (Å²) in [6.07, 6.45) is 1.80. The van der Waals surface area contributed by atoms with E-state index in [1.54, 1.807) is 39.5 Å². The standard InChI is InChI=1S/C21H22O5/c1-12-6-13(2)19-16(7-12)26-11-15(20(19)22)8-14-9-17(23-3)21(25-5)18(10-14)24-4/h6-10H,11H2,1-5H3/b15-8+. The zero-order valence-electron chi connectivity index (χ0n) is 15.6. The van der Waals surface area contributed by atoms with Crippen molar-refractivity contribution in [2.75, 3.05) is 27.9 Å². The first kappa shape index (κ1) is 17.9. The Morgan fingerprint density at radius 3 is 2.19 bits per heavy atom. The molecule has 1 aliphatic rings. The van der Waals surface area contributed by atoms with Crippen LogP contribution in [0.3, 0.4) is 0 Å². The average Bonchev–Trinajstić information content (AvgIpc) is 2.62. The quantitative estimate of drug-likeness (QED) is 0.777. The van der Waals surface area contributed by atoms with Crippen LogP contribution >= 0.6 is 0 Å². The van der Waals surface area contributed by atoms with E-state index in [1.807, 2.05) is 26.0 Å². The van der Waals surface area contributed by atoms with E-state index in [9.17, 15) is 4.79 Å². The summed E-state index contributed by atoms with van der Waals surface area (Å²) in [5.74, 6) is 2.22. The lowest BCUT2D eigenvalue weighted by Gasteiger charge is -2.21. The lowest BCUT2D eigenvalue weighted by atomic mass is 9.93. The SMILES string of the molecule is COc1cc(/C=C2\COc3cc(C)cc(C)c3C2=O)cc(OC)c1OC. The predicted molar refractivity (Wildman–Crippen MR) is 99.8 cm³/mol. The van der Waals surface area contributed by atoms with Crippen LogP contribution in [0.5, 0.6) is 23.0 Å². The number of methoxy groups -OCH3 is 3. The number of Topliss-reactive ketones (excluding diaryl/α,β-unsaturated/α-hetero) is 1. The topological polar surface area (TPSA) is 54.0 Å². The second-order valence-corrected chi connectivity index (χ2v) is 6.20. The van der Waals surface area contributed by atoms with Gasteiger partial charge in [-0.05, 0) is 54.8 Å². The van der Waals surface area contributed by atoms with Crippen LogP contribution in [0.1, 0.15) is 27.0 Å². The van der Waals surface area contributed by atoms with Crippen molar-refractivity contribution in [3.05, 3.63) is 52.1 Å². The van der Waals surface area contributed by atoms with Crippen molar-refractivity contribution in [1.82, 2.24) is 0 Å². The normalized spacial score (nSPS) is 14.7. The summed E-state index contributed by atoms with van der Waals surface area (Å²) in [5, 5.41) is 0. The predicted octanol–water partition coefficient (Wildman–Crippen LogP) is 3.99. The first-order valence-corrected chi connectivity index (χ1v) is 8.27. The number of benzene rings is 2. The molecule has 0 N–H and O–H groups in total. The van der Waals surface area contributed by atoms with E-state index in [0.29, 0.717) is 34.1 Å². The molecular formula is C21H22O5. The summed E-state index contributed by atoms with van der Waals surface area (Å²) in [6, 6.07) is 7.50. The molecule has 0 spiro atoms. The Kier molecular flexibility index (Phi) is 4.89. The highest BCUT2D eigenvalue weighted by Crippen LogP contribution is 2.39. The molecule has 1 heterocycles. The molecule has 0 unspecified atom stereocenters. The summed E-state index contributed by atoms with van der Waals surface area (Å²) in [5.41, 5.74) is 3.98. The lowest BCUT2D eigenvalue weighted by Crippen LogP contribution is -2.20. The molecule has 0 atom stereocenters. The van der Waals surface area contributed by atoms with Crippen LogP contribution in [0, 0.1) is 13.8 Å². The molecule has 5 heteroatoms. The fourth-order valence-electron chi connectivity index (χ4n) is 3.21. The van der Waals surface area contributed by atoms with Crippen LogP contribution in [-0.4, -0.2) is 33.7 Å². The third-order valence-corrected chi connectivity index (χ3v) is 4.37. The molecule has 136 valence electrons. The van der Waals surface area contributed by atoms with Crippen molar-refractivity contribution in [2.24, 2.45) is 0 Å². The van der Waals surface area contributed by atoms with Crippen LogP contribution in [0.25, 0.3) is 6.08 Å². The van der Waals surface area contributed by atoms with Gasteiger partial charge in [-0.1, -0.05) is 6.07 Å². The van der Waals surface area contributed by atoms with Gasteiger partial charge < -0.3 is 18.9 Å². The minimum atomic E-state index is -0.0162. The van der Waals surface area contributed by atoms with Crippen LogP contribution in [0.4, 0.5) is 0 Å². The van der Waals surface area contributed by atoms with E-state index in [2.05, 4.69) is 0 Å². The number of carbonyl (C=O) groups is 1. The largest absolute Gasteiger partial charge is 0.493 e. The van der Waals surface area contributed by atoms with E-state index in [-0.39, 0.29) is 12.4 Å². The third-order valence-electron chi connectivity index (χ3n) is 4.37. The van der Waals surface area contributed by atoms with Crippen molar-refractivity contribution < 1.29 is 23.7 Å². The highest BCUT2D eigenvalue weighted by molar-refractivity contribution is 6.15. The Morgan fingerprint density at radius 1 is 0.962 bits per heavy atom. The Bertz CT molecular complexity index is 871. The first-order valence-electron chi connectivity index (χ1n) is 8.27. The number of ketones is 1. The van der Waals surface area contributed by atoms with E-state index in [1.165, 1.54) is 0 Å². The molecule has 0 bridgehead atoms. The van der Waals surface area contributed by atoms with E-state index in [4.69, 9.17) is 18.9 Å². The number of fused-ring (bicyclic) bond motifs is 1. The summed E-state index contributed by atoms with van der Waals surface area (Å²) >= 11 is 0. The second-order valence-electron chi connectivity index (χ2n) is 6.20. The molecule has 0 aliphatic carbocycles. The van der Waals surface area contributed by atoms with Crippen LogP contribution < -0.4 is 18.9 Å². The molecule has 0 aromatic heterocycles. The molecule has 0 saturated heterocycles. The number of ether oxygens (including phenoxy) is 4. The average molecular weight is 354 g/mol. The Morgan fingerprint density at radius 2 is 1.62 bits per heavy atom. The minimum absolute atomic E-state index is 0.0162. The Labute approximate surface area is 153 Å². The number of aryl methyl sites for hydroxylation is 2. The van der Waals surface area contributed by atoms with Gasteiger partial charge in [-0.15, -0.1) is 0 Å². The summed E-state index contributed by atoms with van der Waals surface area (Å²) in [7, 11) is 4.68. The first-order chi connectivity index (χ1) is 12.5. The monoisotopic (exact) mass is 354 g/mol. The maximum atomic E-state index is 12.9. The smallest absolute Gasteiger partial charge is 0.203 e. The van der Waals surface area contributed by atoms with Crippen molar-refractivity contribution in [2.45, 2.75) is 13.8 Å². The van der Waals surface area contributed by atoms with Gasteiger partial charge in [0.05, 0.1) is 26.9 Å². The summed E-state index contributed by atoms with van der Waals surface area (Å²) < 4.78 is 21.9. The third kappa shape index (κ3) is 3.12. The molecule has 3 rings (SSSR count). The van der Waals surface area contributed by atoms with Gasteiger partial charge in [0.2, 0.25) is 5.75 Å². The molecule has 0 amide bonds. The number of hydrogen-bond donors (Lipinski definition) is 0. The highest BCUT2D eigenvalue weighted by Gasteiger charge is 2.25. The van der Waals surface area contributed by atoms with E-state index >= 15 is 0 Å². The van der Waals surface area contributed by atoms with Crippen molar-refractivity contribution in [1.29, 1.82) is 0 Å². The molecule has 2 aromatic rings. The van der Waals surface area contributed by atoms with Crippen molar-refractivity contribution >= 4 is 11.9 Å². The van der Waals surface area contributed by atoms with Gasteiger partial charge in [-0.2, -0.15) is 0 Å². The molecule has 1 aliphatic heterocycles.